The van der Waals surface area contributed by atoms with Gasteiger partial charge in [-0.15, -0.1) is 0 Å². The molecule has 0 aliphatic heterocycles. The molecule has 0 bridgehead atoms. The zero-order chi connectivity index (χ0) is 44.0. The lowest BCUT2D eigenvalue weighted by Crippen LogP contribution is -2.09. The molecule has 0 N–H and O–H groups in total. The molecule has 3 heterocycles. The summed E-state index contributed by atoms with van der Waals surface area (Å²) in [7, 11) is 0. The largest absolute Gasteiger partial charge is 0.310 e. The number of hydrogen-bond acceptors (Lipinski definition) is 4. The molecule has 9 aromatic carbocycles. The Morgan fingerprint density at radius 1 is 0.364 bits per heavy atom. The number of hydrogen-bond donors (Lipinski definition) is 0. The summed E-state index contributed by atoms with van der Waals surface area (Å²) in [5, 5.41) is 4.53. The zero-order valence-electron chi connectivity index (χ0n) is 36.3. The SMILES string of the molecule is Cc1cc(-c2ccc(-n3c4ccc(N(c5ccccc5)c5ccccc5)cc4c4cc(N(c5ccccc5)c5ccccc5)ccc43)cc2)ccc1-c1cnc2c(ccc3cccnc32)c1. The normalized spacial score (nSPS) is 11.4. The molecular formula is C61H43N5. The summed E-state index contributed by atoms with van der Waals surface area (Å²) in [6.45, 7) is 2.19. The Morgan fingerprint density at radius 3 is 1.39 bits per heavy atom. The molecular weight excluding hydrogens is 803 g/mol. The highest BCUT2D eigenvalue weighted by atomic mass is 15.1. The Morgan fingerprint density at radius 2 is 0.864 bits per heavy atom. The average Bonchev–Trinajstić information content (AvgIpc) is 3.70. The van der Waals surface area contributed by atoms with E-state index in [0.29, 0.717) is 0 Å². The molecule has 0 amide bonds. The van der Waals surface area contributed by atoms with E-state index < -0.39 is 0 Å². The van der Waals surface area contributed by atoms with Crippen LogP contribution in [-0.2, 0) is 0 Å². The minimum absolute atomic E-state index is 0.929. The molecule has 5 nitrogen and oxygen atoms in total. The van der Waals surface area contributed by atoms with Crippen LogP contribution < -0.4 is 9.80 Å². The van der Waals surface area contributed by atoms with Crippen LogP contribution >= 0.6 is 0 Å². The van der Waals surface area contributed by atoms with Gasteiger partial charge in [-0.25, -0.2) is 0 Å². The second-order valence-corrected chi connectivity index (χ2v) is 16.8. The molecule has 0 aliphatic carbocycles. The Labute approximate surface area is 383 Å². The molecule has 312 valence electrons. The highest BCUT2D eigenvalue weighted by molar-refractivity contribution is 6.12. The fraction of sp³-hybridized carbons (Fsp3) is 0.0164. The number of nitrogens with zero attached hydrogens (tertiary/aromatic N) is 5. The molecule has 0 saturated carbocycles. The monoisotopic (exact) mass is 845 g/mol. The molecule has 0 aliphatic rings. The molecule has 0 spiro atoms. The van der Waals surface area contributed by atoms with E-state index in [-0.39, 0.29) is 0 Å². The molecule has 66 heavy (non-hydrogen) atoms. The highest BCUT2D eigenvalue weighted by Crippen LogP contribution is 2.43. The van der Waals surface area contributed by atoms with Gasteiger partial charge in [-0.2, -0.15) is 0 Å². The van der Waals surface area contributed by atoms with Crippen LogP contribution in [0.15, 0.2) is 243 Å². The van der Waals surface area contributed by atoms with Crippen molar-refractivity contribution >= 4 is 77.7 Å². The van der Waals surface area contributed by atoms with Crippen LogP contribution in [0, 0.1) is 6.92 Å². The number of aryl methyl sites for hydroxylation is 1. The van der Waals surface area contributed by atoms with Gasteiger partial charge in [-0.3, -0.25) is 9.97 Å². The first kappa shape index (κ1) is 38.8. The van der Waals surface area contributed by atoms with E-state index >= 15 is 0 Å². The van der Waals surface area contributed by atoms with Crippen LogP contribution in [-0.4, -0.2) is 14.5 Å². The van der Waals surface area contributed by atoms with Crippen LogP contribution in [0.2, 0.25) is 0 Å². The van der Waals surface area contributed by atoms with Crippen molar-refractivity contribution in [3.05, 3.63) is 248 Å². The third-order valence-corrected chi connectivity index (χ3v) is 12.7. The number of benzene rings is 9. The fourth-order valence-electron chi connectivity index (χ4n) is 9.61. The molecule has 12 aromatic rings. The van der Waals surface area contributed by atoms with E-state index in [9.17, 15) is 0 Å². The lowest BCUT2D eigenvalue weighted by molar-refractivity contribution is 1.18. The zero-order valence-corrected chi connectivity index (χ0v) is 36.3. The molecule has 3 aromatic heterocycles. The number of pyridine rings is 2. The Kier molecular flexibility index (Phi) is 9.65. The number of para-hydroxylation sites is 4. The number of aromatic nitrogens is 3. The number of fused-ring (bicyclic) bond motifs is 6. The molecule has 0 fully saturated rings. The maximum atomic E-state index is 4.90. The van der Waals surface area contributed by atoms with Crippen molar-refractivity contribution in [3.63, 3.8) is 0 Å². The van der Waals surface area contributed by atoms with Crippen LogP contribution in [0.1, 0.15) is 5.56 Å². The van der Waals surface area contributed by atoms with Crippen molar-refractivity contribution in [2.45, 2.75) is 6.92 Å². The van der Waals surface area contributed by atoms with Gasteiger partial charge in [0, 0.05) is 79.3 Å². The lowest BCUT2D eigenvalue weighted by Gasteiger charge is -2.26. The van der Waals surface area contributed by atoms with Crippen molar-refractivity contribution in [1.29, 1.82) is 0 Å². The van der Waals surface area contributed by atoms with Crippen molar-refractivity contribution in [3.8, 4) is 27.9 Å². The van der Waals surface area contributed by atoms with Gasteiger partial charge in [0.05, 0.1) is 22.1 Å². The average molecular weight is 846 g/mol. The predicted molar refractivity (Wildman–Crippen MR) is 276 cm³/mol. The first-order valence-electron chi connectivity index (χ1n) is 22.4. The Hall–Kier alpha value is -8.80. The van der Waals surface area contributed by atoms with E-state index in [1.807, 2.05) is 18.5 Å². The van der Waals surface area contributed by atoms with Crippen LogP contribution in [0.3, 0.4) is 0 Å². The third-order valence-electron chi connectivity index (χ3n) is 12.7. The molecule has 5 heteroatoms. The maximum absolute atomic E-state index is 4.90. The molecule has 12 rings (SSSR count). The Balaban J connectivity index is 0.966. The van der Waals surface area contributed by atoms with Gasteiger partial charge >= 0.3 is 0 Å². The van der Waals surface area contributed by atoms with Crippen molar-refractivity contribution in [2.75, 3.05) is 9.80 Å². The fourth-order valence-corrected chi connectivity index (χ4v) is 9.61. The van der Waals surface area contributed by atoms with Gasteiger partial charge in [-0.05, 0) is 138 Å². The second-order valence-electron chi connectivity index (χ2n) is 16.8. The van der Waals surface area contributed by atoms with Crippen LogP contribution in [0.4, 0.5) is 34.1 Å². The lowest BCUT2D eigenvalue weighted by atomic mass is 9.95. The third kappa shape index (κ3) is 6.91. The van der Waals surface area contributed by atoms with Crippen molar-refractivity contribution < 1.29 is 0 Å². The van der Waals surface area contributed by atoms with Gasteiger partial charge < -0.3 is 14.4 Å². The van der Waals surface area contributed by atoms with Crippen molar-refractivity contribution in [1.82, 2.24) is 14.5 Å². The van der Waals surface area contributed by atoms with E-state index in [1.165, 1.54) is 27.5 Å². The van der Waals surface area contributed by atoms with E-state index in [1.54, 1.807) is 0 Å². The first-order valence-corrected chi connectivity index (χ1v) is 22.4. The topological polar surface area (TPSA) is 37.2 Å². The maximum Gasteiger partial charge on any atom is 0.0964 e. The minimum Gasteiger partial charge on any atom is -0.310 e. The minimum atomic E-state index is 0.929. The molecule has 0 saturated heterocycles. The molecule has 0 unspecified atom stereocenters. The quantitative estimate of drug-likeness (QED) is 0.136. The standard InChI is InChI=1S/C61H43N5/c1-42-37-45(28-33-55(42)47-38-46-25-24-44-15-14-36-62-60(44)61(46)63-41-47)43-26-29-52(30-27-43)66-58-34-31-53(64(48-16-6-2-7-17-48)49-18-8-3-9-19-49)39-56(58)57-40-54(32-35-59(57)66)65(50-20-10-4-11-21-50)51-22-12-5-13-23-51/h2-41H,1H3. The van der Waals surface area contributed by atoms with E-state index in [0.717, 1.165) is 83.8 Å². The van der Waals surface area contributed by atoms with E-state index in [2.05, 4.69) is 251 Å². The van der Waals surface area contributed by atoms with Gasteiger partial charge in [0.2, 0.25) is 0 Å². The van der Waals surface area contributed by atoms with Gasteiger partial charge in [0.1, 0.15) is 0 Å². The number of anilines is 6. The summed E-state index contributed by atoms with van der Waals surface area (Å²) in [5.74, 6) is 0. The van der Waals surface area contributed by atoms with Crippen LogP contribution in [0.25, 0.3) is 71.6 Å². The smallest absolute Gasteiger partial charge is 0.0964 e. The summed E-state index contributed by atoms with van der Waals surface area (Å²) in [5.41, 5.74) is 17.6. The van der Waals surface area contributed by atoms with Crippen LogP contribution in [0.5, 0.6) is 0 Å². The van der Waals surface area contributed by atoms with Crippen molar-refractivity contribution in [2.24, 2.45) is 0 Å². The Bertz CT molecular complexity index is 3480. The van der Waals surface area contributed by atoms with E-state index in [4.69, 9.17) is 4.98 Å². The summed E-state index contributed by atoms with van der Waals surface area (Å²) in [4.78, 5) is 14.2. The van der Waals surface area contributed by atoms with Gasteiger partial charge in [0.15, 0.2) is 0 Å². The summed E-state index contributed by atoms with van der Waals surface area (Å²) in [6, 6.07) is 82.6. The summed E-state index contributed by atoms with van der Waals surface area (Å²) >= 11 is 0. The summed E-state index contributed by atoms with van der Waals surface area (Å²) < 4.78 is 2.41. The van der Waals surface area contributed by atoms with Gasteiger partial charge in [-0.1, -0.05) is 121 Å². The molecule has 0 radical (unpaired) electrons. The highest BCUT2D eigenvalue weighted by Gasteiger charge is 2.20. The summed E-state index contributed by atoms with van der Waals surface area (Å²) in [6.07, 6.45) is 3.81. The molecule has 0 atom stereocenters. The van der Waals surface area contributed by atoms with Gasteiger partial charge in [0.25, 0.3) is 0 Å². The number of rotatable bonds is 9. The predicted octanol–water partition coefficient (Wildman–Crippen LogP) is 16.5. The first-order chi connectivity index (χ1) is 32.6. The second kappa shape index (κ2) is 16.4.